The maximum atomic E-state index is 13.5. The van der Waals surface area contributed by atoms with Crippen LogP contribution in [0.1, 0.15) is 12.5 Å². The van der Waals surface area contributed by atoms with Crippen LogP contribution in [0.5, 0.6) is 11.6 Å². The molecule has 14 heteroatoms. The predicted molar refractivity (Wildman–Crippen MR) is 141 cm³/mol. The SMILES string of the molecule is CCOc1ccc(S(=O)(=O)N(CC(=O)N=Nc2c(O)[nH]c3ccc(S(=O)(=O)[O-])cc23)c2ccc(C)cc2)cc1. The first-order valence-electron chi connectivity index (χ1n) is 11.5. The number of carbonyl (C=O) groups excluding carboxylic acids is 1. The molecule has 0 saturated carbocycles. The van der Waals surface area contributed by atoms with Gasteiger partial charge in [0.15, 0.2) is 5.69 Å². The summed E-state index contributed by atoms with van der Waals surface area (Å²) in [6.07, 6.45) is 0. The van der Waals surface area contributed by atoms with Crippen molar-refractivity contribution in [2.45, 2.75) is 23.6 Å². The molecule has 1 amide bonds. The highest BCUT2D eigenvalue weighted by molar-refractivity contribution is 7.92. The fourth-order valence-electron chi connectivity index (χ4n) is 3.69. The number of nitrogens with one attached hydrogen (secondary N) is 1. The number of hydrogen-bond donors (Lipinski definition) is 2. The van der Waals surface area contributed by atoms with Gasteiger partial charge in [0.05, 0.1) is 27.6 Å². The van der Waals surface area contributed by atoms with Gasteiger partial charge < -0.3 is 19.4 Å². The van der Waals surface area contributed by atoms with Crippen molar-refractivity contribution in [3.8, 4) is 11.6 Å². The maximum absolute atomic E-state index is 13.5. The third-order valence-corrected chi connectivity index (χ3v) is 8.22. The second kappa shape index (κ2) is 10.8. The average molecular weight is 572 g/mol. The Bertz CT molecular complexity index is 1760. The van der Waals surface area contributed by atoms with Crippen LogP contribution in [0, 0.1) is 6.92 Å². The lowest BCUT2D eigenvalue weighted by atomic mass is 10.2. The zero-order valence-electron chi connectivity index (χ0n) is 20.7. The molecule has 0 unspecified atom stereocenters. The molecule has 204 valence electrons. The van der Waals surface area contributed by atoms with Crippen molar-refractivity contribution >= 4 is 48.3 Å². The van der Waals surface area contributed by atoms with E-state index in [1.807, 2.05) is 6.92 Å². The summed E-state index contributed by atoms with van der Waals surface area (Å²) in [5, 5.41) is 17.5. The van der Waals surface area contributed by atoms with Crippen molar-refractivity contribution in [1.29, 1.82) is 0 Å². The quantitative estimate of drug-likeness (QED) is 0.223. The number of sulfonamides is 1. The molecule has 0 aliphatic rings. The number of fused-ring (bicyclic) bond motifs is 1. The fourth-order valence-corrected chi connectivity index (χ4v) is 5.60. The monoisotopic (exact) mass is 571 g/mol. The molecular formula is C25H23N4O8S2-. The van der Waals surface area contributed by atoms with Crippen LogP contribution in [-0.4, -0.2) is 50.5 Å². The molecule has 0 fully saturated rings. The molecular weight excluding hydrogens is 548 g/mol. The Kier molecular flexibility index (Phi) is 7.72. The van der Waals surface area contributed by atoms with Gasteiger partial charge in [-0.25, -0.2) is 16.8 Å². The lowest BCUT2D eigenvalue weighted by molar-refractivity contribution is -0.116. The van der Waals surface area contributed by atoms with E-state index in [0.717, 1.165) is 22.0 Å². The van der Waals surface area contributed by atoms with E-state index in [1.54, 1.807) is 31.2 Å². The molecule has 0 radical (unpaired) electrons. The number of nitrogens with zero attached hydrogens (tertiary/aromatic N) is 3. The van der Waals surface area contributed by atoms with Crippen LogP contribution in [-0.2, 0) is 24.9 Å². The van der Waals surface area contributed by atoms with E-state index >= 15 is 0 Å². The van der Waals surface area contributed by atoms with Crippen LogP contribution < -0.4 is 9.04 Å². The third-order valence-electron chi connectivity index (χ3n) is 5.60. The minimum absolute atomic E-state index is 0.0263. The van der Waals surface area contributed by atoms with Crippen LogP contribution in [0.15, 0.2) is 86.7 Å². The molecule has 39 heavy (non-hydrogen) atoms. The number of carbonyl (C=O) groups is 1. The van der Waals surface area contributed by atoms with Gasteiger partial charge in [0, 0.05) is 5.39 Å². The molecule has 0 aliphatic carbocycles. The molecule has 2 N–H and O–H groups in total. The summed E-state index contributed by atoms with van der Waals surface area (Å²) in [5.41, 5.74) is 1.02. The molecule has 4 aromatic rings. The number of aryl methyl sites for hydroxylation is 1. The van der Waals surface area contributed by atoms with E-state index in [2.05, 4.69) is 15.2 Å². The van der Waals surface area contributed by atoms with E-state index < -0.39 is 43.4 Å². The highest BCUT2D eigenvalue weighted by atomic mass is 32.2. The zero-order chi connectivity index (χ0) is 28.4. The van der Waals surface area contributed by atoms with E-state index in [-0.39, 0.29) is 27.2 Å². The zero-order valence-corrected chi connectivity index (χ0v) is 22.4. The Labute approximate surface area is 224 Å². The van der Waals surface area contributed by atoms with Crippen LogP contribution in [0.3, 0.4) is 0 Å². The van der Waals surface area contributed by atoms with Gasteiger partial charge in [0.1, 0.15) is 22.4 Å². The molecule has 0 saturated heterocycles. The molecule has 4 rings (SSSR count). The van der Waals surface area contributed by atoms with Crippen molar-refractivity contribution in [3.63, 3.8) is 0 Å². The van der Waals surface area contributed by atoms with Crippen LogP contribution >= 0.6 is 0 Å². The number of anilines is 1. The number of aromatic nitrogens is 1. The van der Waals surface area contributed by atoms with Gasteiger partial charge in [0.25, 0.3) is 15.9 Å². The minimum Gasteiger partial charge on any atom is -0.744 e. The summed E-state index contributed by atoms with van der Waals surface area (Å²) in [6, 6.07) is 15.5. The Balaban J connectivity index is 1.67. The van der Waals surface area contributed by atoms with Crippen molar-refractivity contribution in [2.75, 3.05) is 17.5 Å². The van der Waals surface area contributed by atoms with Gasteiger partial charge in [-0.15, -0.1) is 10.2 Å². The molecule has 0 aliphatic heterocycles. The molecule has 0 bridgehead atoms. The Morgan fingerprint density at radius 3 is 2.26 bits per heavy atom. The second-order valence-corrected chi connectivity index (χ2v) is 11.6. The lowest BCUT2D eigenvalue weighted by Crippen LogP contribution is -2.35. The number of aromatic hydroxyl groups is 1. The van der Waals surface area contributed by atoms with E-state index in [0.29, 0.717) is 12.4 Å². The first kappa shape index (κ1) is 27.8. The van der Waals surface area contributed by atoms with Gasteiger partial charge >= 0.3 is 0 Å². The Hall–Kier alpha value is -4.27. The smallest absolute Gasteiger partial charge is 0.285 e. The first-order chi connectivity index (χ1) is 18.4. The Morgan fingerprint density at radius 2 is 1.64 bits per heavy atom. The molecule has 1 aromatic heterocycles. The molecule has 0 spiro atoms. The van der Waals surface area contributed by atoms with Gasteiger partial charge in [-0.2, -0.15) is 0 Å². The lowest BCUT2D eigenvalue weighted by Gasteiger charge is -2.23. The summed E-state index contributed by atoms with van der Waals surface area (Å²) in [4.78, 5) is 14.7. The molecule has 1 heterocycles. The van der Waals surface area contributed by atoms with E-state index in [4.69, 9.17) is 4.74 Å². The van der Waals surface area contributed by atoms with Crippen LogP contribution in [0.25, 0.3) is 10.9 Å². The summed E-state index contributed by atoms with van der Waals surface area (Å²) in [6.45, 7) is 3.29. The Morgan fingerprint density at radius 1 is 1.00 bits per heavy atom. The van der Waals surface area contributed by atoms with Gasteiger partial charge in [-0.3, -0.25) is 9.10 Å². The normalized spacial score (nSPS) is 12.2. The number of azo groups is 1. The van der Waals surface area contributed by atoms with Crippen molar-refractivity contribution < 1.29 is 36.0 Å². The summed E-state index contributed by atoms with van der Waals surface area (Å²) in [7, 11) is -9.03. The van der Waals surface area contributed by atoms with Crippen molar-refractivity contribution in [3.05, 3.63) is 72.3 Å². The summed E-state index contributed by atoms with van der Waals surface area (Å²) >= 11 is 0. The number of amides is 1. The standard InChI is InChI=1S/C25H24N4O8S2/c1-3-37-18-8-10-19(11-9-18)38(32,33)29(17-6-4-16(2)5-7-17)15-23(30)27-28-24-21-14-20(39(34,35)36)12-13-22(21)26-25(24)31/h4-14,26,31H,3,15H2,1-2H3,(H,34,35,36)/p-1. The largest absolute Gasteiger partial charge is 0.744 e. The molecule has 3 aromatic carbocycles. The fraction of sp³-hybridized carbons (Fsp3) is 0.160. The highest BCUT2D eigenvalue weighted by Gasteiger charge is 2.27. The molecule has 12 nitrogen and oxygen atoms in total. The van der Waals surface area contributed by atoms with Crippen LogP contribution in [0.4, 0.5) is 11.4 Å². The highest BCUT2D eigenvalue weighted by Crippen LogP contribution is 2.36. The predicted octanol–water partition coefficient (Wildman–Crippen LogP) is 3.99. The third kappa shape index (κ3) is 6.08. The number of aromatic amines is 1. The number of H-pyrrole nitrogens is 1. The van der Waals surface area contributed by atoms with E-state index in [9.17, 15) is 31.3 Å². The second-order valence-electron chi connectivity index (χ2n) is 8.33. The molecule has 0 atom stereocenters. The average Bonchev–Trinajstić information content (AvgIpc) is 3.20. The summed E-state index contributed by atoms with van der Waals surface area (Å²) < 4.78 is 67.5. The number of benzene rings is 3. The van der Waals surface area contributed by atoms with Crippen LogP contribution in [0.2, 0.25) is 0 Å². The minimum atomic E-state index is -4.80. The van der Waals surface area contributed by atoms with Crippen molar-refractivity contribution in [2.24, 2.45) is 10.2 Å². The van der Waals surface area contributed by atoms with E-state index in [1.165, 1.54) is 30.3 Å². The number of ether oxygens (including phenoxy) is 1. The number of hydrogen-bond acceptors (Lipinski definition) is 9. The summed E-state index contributed by atoms with van der Waals surface area (Å²) in [5.74, 6) is -1.03. The van der Waals surface area contributed by atoms with Gasteiger partial charge in [0.2, 0.25) is 5.88 Å². The van der Waals surface area contributed by atoms with Crippen molar-refractivity contribution in [1.82, 2.24) is 4.98 Å². The van der Waals surface area contributed by atoms with Gasteiger partial charge in [-0.05, 0) is 68.4 Å². The first-order valence-corrected chi connectivity index (χ1v) is 14.3. The van der Waals surface area contributed by atoms with Gasteiger partial charge in [-0.1, -0.05) is 17.7 Å². The topological polar surface area (TPSA) is 182 Å². The number of rotatable bonds is 9. The maximum Gasteiger partial charge on any atom is 0.285 e.